The number of hydrogen-bond donors (Lipinski definition) is 1. The molecule has 0 aromatic rings. The van der Waals surface area contributed by atoms with Gasteiger partial charge in [0, 0.05) is 0 Å². The van der Waals surface area contributed by atoms with Crippen LogP contribution in [0.1, 0.15) is 6.92 Å². The molecule has 0 spiro atoms. The highest BCUT2D eigenvalue weighted by Crippen LogP contribution is 1.79. The Morgan fingerprint density at radius 2 is 2.50 bits per heavy atom. The smallest absolute Gasteiger partial charge is 0.0695 e. The van der Waals surface area contributed by atoms with Crippen LogP contribution in [0.5, 0.6) is 0 Å². The number of aliphatic hydroxyl groups is 1. The molecule has 0 aromatic heterocycles. The molecule has 0 aliphatic carbocycles. The van der Waals surface area contributed by atoms with E-state index in [9.17, 15) is 0 Å². The van der Waals surface area contributed by atoms with Gasteiger partial charge in [-0.25, -0.2) is 0 Å². The number of hydrogen-bond acceptors (Lipinski definition) is 2. The van der Waals surface area contributed by atoms with Crippen LogP contribution in [0, 0.1) is 0 Å². The van der Waals surface area contributed by atoms with Crippen LogP contribution in [0.3, 0.4) is 0 Å². The fourth-order valence-corrected chi connectivity index (χ4v) is 0.0577. The third-order valence-electron chi connectivity index (χ3n) is 0.576. The molecule has 0 fully saturated rings. The van der Waals surface area contributed by atoms with E-state index < -0.39 is 0 Å². The average molecular weight is 87.1 g/mol. The van der Waals surface area contributed by atoms with Crippen LogP contribution in [0.2, 0.25) is 0 Å². The summed E-state index contributed by atoms with van der Waals surface area (Å²) in [7, 11) is 0. The average Bonchev–Trinajstić information content (AvgIpc) is 1.65. The highest BCUT2D eigenvalue weighted by Gasteiger charge is 1.86. The van der Waals surface area contributed by atoms with E-state index in [-0.39, 0.29) is 12.6 Å². The van der Waals surface area contributed by atoms with E-state index in [4.69, 9.17) is 5.11 Å². The molecular formula is C4H9NO. The van der Waals surface area contributed by atoms with Gasteiger partial charge >= 0.3 is 0 Å². The van der Waals surface area contributed by atoms with E-state index in [0.717, 1.165) is 0 Å². The topological polar surface area (TPSA) is 32.6 Å². The van der Waals surface area contributed by atoms with Crippen LogP contribution < -0.4 is 0 Å². The Morgan fingerprint density at radius 1 is 2.00 bits per heavy atom. The highest BCUT2D eigenvalue weighted by molar-refractivity contribution is 5.23. The van der Waals surface area contributed by atoms with Gasteiger partial charge in [0.05, 0.1) is 12.6 Å². The number of rotatable bonds is 2. The summed E-state index contributed by atoms with van der Waals surface area (Å²) in [5, 5.41) is 8.20. The predicted molar refractivity (Wildman–Crippen MR) is 26.1 cm³/mol. The van der Waals surface area contributed by atoms with Crippen LogP contribution in [0.15, 0.2) is 4.99 Å². The molecule has 0 saturated heterocycles. The van der Waals surface area contributed by atoms with Crippen molar-refractivity contribution in [2.45, 2.75) is 13.0 Å². The summed E-state index contributed by atoms with van der Waals surface area (Å²) in [6, 6.07) is 0.00463. The fourth-order valence-electron chi connectivity index (χ4n) is 0.0577. The normalized spacial score (nSPS) is 13.7. The van der Waals surface area contributed by atoms with Crippen molar-refractivity contribution in [1.29, 1.82) is 0 Å². The lowest BCUT2D eigenvalue weighted by atomic mass is 10.4. The van der Waals surface area contributed by atoms with Gasteiger partial charge in [0.15, 0.2) is 0 Å². The predicted octanol–water partition coefficient (Wildman–Crippen LogP) is 0.0678. The molecule has 0 saturated carbocycles. The van der Waals surface area contributed by atoms with E-state index >= 15 is 0 Å². The minimum atomic E-state index is 0.00463. The van der Waals surface area contributed by atoms with Gasteiger partial charge in [-0.1, -0.05) is 0 Å². The fraction of sp³-hybridized carbons (Fsp3) is 0.750. The summed E-state index contributed by atoms with van der Waals surface area (Å²) in [4.78, 5) is 3.51. The summed E-state index contributed by atoms with van der Waals surface area (Å²) in [5.74, 6) is 0. The van der Waals surface area contributed by atoms with Gasteiger partial charge in [0.2, 0.25) is 0 Å². The molecule has 0 aliphatic heterocycles. The first-order chi connectivity index (χ1) is 2.81. The van der Waals surface area contributed by atoms with Crippen LogP contribution in [-0.4, -0.2) is 24.5 Å². The first kappa shape index (κ1) is 5.63. The highest BCUT2D eigenvalue weighted by atomic mass is 16.3. The number of aliphatic imine (C=N–C) groups is 1. The third-order valence-corrected chi connectivity index (χ3v) is 0.576. The first-order valence-corrected chi connectivity index (χ1v) is 1.88. The molecule has 0 radical (unpaired) electrons. The molecule has 36 valence electrons. The second-order valence-electron chi connectivity index (χ2n) is 1.21. The maximum atomic E-state index is 8.20. The van der Waals surface area contributed by atoms with Gasteiger partial charge in [-0.05, 0) is 13.6 Å². The SMILES string of the molecule is C=NC(C)CO. The standard InChI is InChI=1S/C4H9NO/c1-4(3-6)5-2/h4,6H,2-3H2,1H3. The zero-order valence-corrected chi connectivity index (χ0v) is 3.89. The second kappa shape index (κ2) is 2.85. The molecule has 6 heavy (non-hydrogen) atoms. The van der Waals surface area contributed by atoms with Gasteiger partial charge in [-0.3, -0.25) is 4.99 Å². The molecule has 0 heterocycles. The minimum Gasteiger partial charge on any atom is -0.394 e. The largest absolute Gasteiger partial charge is 0.394 e. The zero-order valence-electron chi connectivity index (χ0n) is 3.89. The molecule has 0 rings (SSSR count). The lowest BCUT2D eigenvalue weighted by Gasteiger charge is -1.93. The maximum absolute atomic E-state index is 8.20. The Kier molecular flexibility index (Phi) is 2.67. The zero-order chi connectivity index (χ0) is 4.99. The lowest BCUT2D eigenvalue weighted by Crippen LogP contribution is -2.01. The van der Waals surface area contributed by atoms with Gasteiger partial charge in [-0.2, -0.15) is 0 Å². The summed E-state index contributed by atoms with van der Waals surface area (Å²) in [6.07, 6.45) is 0. The van der Waals surface area contributed by atoms with Crippen LogP contribution in [-0.2, 0) is 0 Å². The lowest BCUT2D eigenvalue weighted by molar-refractivity contribution is 0.275. The van der Waals surface area contributed by atoms with E-state index in [1.54, 1.807) is 6.92 Å². The Labute approximate surface area is 37.5 Å². The quantitative estimate of drug-likeness (QED) is 0.475. The molecule has 1 atom stereocenters. The van der Waals surface area contributed by atoms with Crippen molar-refractivity contribution >= 4 is 6.72 Å². The Hall–Kier alpha value is -0.370. The van der Waals surface area contributed by atoms with Crippen LogP contribution in [0.4, 0.5) is 0 Å². The van der Waals surface area contributed by atoms with E-state index in [1.165, 1.54) is 0 Å². The Balaban J connectivity index is 2.96. The maximum Gasteiger partial charge on any atom is 0.0695 e. The van der Waals surface area contributed by atoms with Crippen LogP contribution >= 0.6 is 0 Å². The molecule has 1 unspecified atom stereocenters. The van der Waals surface area contributed by atoms with Crippen molar-refractivity contribution < 1.29 is 5.11 Å². The van der Waals surface area contributed by atoms with E-state index in [0.29, 0.717) is 0 Å². The van der Waals surface area contributed by atoms with Gasteiger partial charge < -0.3 is 5.11 Å². The molecular weight excluding hydrogens is 78.0 g/mol. The van der Waals surface area contributed by atoms with Gasteiger partial charge in [0.25, 0.3) is 0 Å². The van der Waals surface area contributed by atoms with Crippen molar-refractivity contribution in [1.82, 2.24) is 0 Å². The van der Waals surface area contributed by atoms with E-state index in [2.05, 4.69) is 11.7 Å². The molecule has 2 heteroatoms. The summed E-state index contributed by atoms with van der Waals surface area (Å²) >= 11 is 0. The van der Waals surface area contributed by atoms with E-state index in [1.807, 2.05) is 0 Å². The van der Waals surface area contributed by atoms with Crippen molar-refractivity contribution in [2.75, 3.05) is 6.61 Å². The summed E-state index contributed by atoms with van der Waals surface area (Å²) < 4.78 is 0. The third kappa shape index (κ3) is 1.91. The van der Waals surface area contributed by atoms with Gasteiger partial charge in [-0.15, -0.1) is 0 Å². The number of aliphatic hydroxyl groups excluding tert-OH is 1. The van der Waals surface area contributed by atoms with Crippen LogP contribution in [0.25, 0.3) is 0 Å². The summed E-state index contributed by atoms with van der Waals surface area (Å²) in [6.45, 7) is 5.12. The molecule has 0 bridgehead atoms. The van der Waals surface area contributed by atoms with Crippen molar-refractivity contribution in [3.63, 3.8) is 0 Å². The second-order valence-corrected chi connectivity index (χ2v) is 1.21. The molecule has 0 aliphatic rings. The first-order valence-electron chi connectivity index (χ1n) is 1.88. The molecule has 0 aromatic carbocycles. The Bertz CT molecular complexity index is 44.8. The van der Waals surface area contributed by atoms with Crippen molar-refractivity contribution in [3.05, 3.63) is 0 Å². The molecule has 2 nitrogen and oxygen atoms in total. The molecule has 1 N–H and O–H groups in total. The van der Waals surface area contributed by atoms with Crippen molar-refractivity contribution in [2.24, 2.45) is 4.99 Å². The van der Waals surface area contributed by atoms with Gasteiger partial charge in [0.1, 0.15) is 0 Å². The Morgan fingerprint density at radius 3 is 2.50 bits per heavy atom. The monoisotopic (exact) mass is 87.1 g/mol. The minimum absolute atomic E-state index is 0.00463. The number of nitrogens with zero attached hydrogens (tertiary/aromatic N) is 1. The summed E-state index contributed by atoms with van der Waals surface area (Å²) in [5.41, 5.74) is 0. The van der Waals surface area contributed by atoms with Crippen molar-refractivity contribution in [3.8, 4) is 0 Å². The molecule has 0 amide bonds.